The molecule has 0 aromatic heterocycles. The zero-order chi connectivity index (χ0) is 13.8. The first-order valence-electron chi connectivity index (χ1n) is 5.89. The highest BCUT2D eigenvalue weighted by Crippen LogP contribution is 2.19. The van der Waals surface area contributed by atoms with Crippen LogP contribution in [-0.4, -0.2) is 25.5 Å². The van der Waals surface area contributed by atoms with Crippen LogP contribution in [0.5, 0.6) is 0 Å². The molecule has 0 saturated heterocycles. The number of hydrogen-bond donors (Lipinski definition) is 2. The molecule has 2 N–H and O–H groups in total. The molecule has 0 fully saturated rings. The van der Waals surface area contributed by atoms with Crippen LogP contribution in [-0.2, 0) is 0 Å². The van der Waals surface area contributed by atoms with Crippen molar-refractivity contribution in [2.24, 2.45) is 0 Å². The van der Waals surface area contributed by atoms with Crippen molar-refractivity contribution in [3.05, 3.63) is 45.5 Å². The van der Waals surface area contributed by atoms with Crippen molar-refractivity contribution in [2.45, 2.75) is 6.42 Å². The first kappa shape index (κ1) is 14.1. The second-order valence-electron chi connectivity index (χ2n) is 4.24. The fraction of sp³-hybridized carbons (Fsp3) is 0.308. The highest BCUT2D eigenvalue weighted by atomic mass is 79.9. The summed E-state index contributed by atoms with van der Waals surface area (Å²) in [5.74, 6) is -2.48. The van der Waals surface area contributed by atoms with Gasteiger partial charge in [-0.2, -0.15) is 0 Å². The number of rotatable bonds is 3. The smallest absolute Gasteiger partial charge is 0.257 e. The van der Waals surface area contributed by atoms with E-state index in [1.165, 1.54) is 0 Å². The summed E-state index contributed by atoms with van der Waals surface area (Å²) in [5.41, 5.74) is 0.516. The Balaban J connectivity index is 2.06. The average Bonchev–Trinajstić information content (AvgIpc) is 2.36. The number of carbonyl (C=O) groups is 1. The van der Waals surface area contributed by atoms with Gasteiger partial charge in [0, 0.05) is 17.6 Å². The van der Waals surface area contributed by atoms with Gasteiger partial charge in [-0.15, -0.1) is 0 Å². The third-order valence-corrected chi connectivity index (χ3v) is 3.33. The minimum atomic E-state index is -0.872. The lowest BCUT2D eigenvalue weighted by Crippen LogP contribution is -2.30. The van der Waals surface area contributed by atoms with Crippen LogP contribution in [0.1, 0.15) is 16.8 Å². The summed E-state index contributed by atoms with van der Waals surface area (Å²) in [6.07, 6.45) is 2.80. The van der Waals surface area contributed by atoms with Crippen molar-refractivity contribution in [1.29, 1.82) is 0 Å². The van der Waals surface area contributed by atoms with Gasteiger partial charge < -0.3 is 10.6 Å². The zero-order valence-corrected chi connectivity index (χ0v) is 11.7. The van der Waals surface area contributed by atoms with Crippen LogP contribution >= 0.6 is 15.9 Å². The third kappa shape index (κ3) is 3.61. The zero-order valence-electron chi connectivity index (χ0n) is 10.1. The van der Waals surface area contributed by atoms with Gasteiger partial charge >= 0.3 is 0 Å². The number of nitrogens with one attached hydrogen (secondary N) is 2. The molecule has 3 nitrogen and oxygen atoms in total. The van der Waals surface area contributed by atoms with Crippen LogP contribution in [0, 0.1) is 11.6 Å². The van der Waals surface area contributed by atoms with Gasteiger partial charge in [-0.1, -0.05) is 27.6 Å². The summed E-state index contributed by atoms with van der Waals surface area (Å²) in [4.78, 5) is 11.8. The second kappa shape index (κ2) is 6.25. The first-order valence-corrected chi connectivity index (χ1v) is 6.68. The van der Waals surface area contributed by atoms with E-state index in [4.69, 9.17) is 0 Å². The van der Waals surface area contributed by atoms with E-state index >= 15 is 0 Å². The Bertz CT molecular complexity index is 508. The molecule has 0 radical (unpaired) electrons. The van der Waals surface area contributed by atoms with Crippen molar-refractivity contribution >= 4 is 21.8 Å². The van der Waals surface area contributed by atoms with Gasteiger partial charge in [-0.25, -0.2) is 8.78 Å². The molecule has 1 aliphatic heterocycles. The standard InChI is InChI=1S/C13H13BrF2N2O/c14-9-5-10(15)12(11(16)6-9)13(19)18-7-8-1-3-17-4-2-8/h1,5-6,17H,2-4,7H2,(H,18,19). The third-order valence-electron chi connectivity index (χ3n) is 2.87. The minimum absolute atomic E-state index is 0.264. The summed E-state index contributed by atoms with van der Waals surface area (Å²) in [6.45, 7) is 1.92. The van der Waals surface area contributed by atoms with Gasteiger partial charge in [-0.05, 0) is 25.1 Å². The van der Waals surface area contributed by atoms with Crippen LogP contribution in [0.15, 0.2) is 28.3 Å². The molecule has 6 heteroatoms. The molecular weight excluding hydrogens is 318 g/mol. The molecule has 1 aliphatic rings. The lowest BCUT2D eigenvalue weighted by atomic mass is 10.1. The van der Waals surface area contributed by atoms with Crippen molar-refractivity contribution in [3.63, 3.8) is 0 Å². The van der Waals surface area contributed by atoms with E-state index < -0.39 is 23.1 Å². The molecule has 19 heavy (non-hydrogen) atoms. The predicted molar refractivity (Wildman–Crippen MR) is 72.0 cm³/mol. The molecule has 0 unspecified atom stereocenters. The SMILES string of the molecule is O=C(NCC1=CCNCC1)c1c(F)cc(Br)cc1F. The van der Waals surface area contributed by atoms with Crippen LogP contribution in [0.3, 0.4) is 0 Å². The van der Waals surface area contributed by atoms with Gasteiger partial charge in [0.05, 0.1) is 0 Å². The summed E-state index contributed by atoms with van der Waals surface area (Å²) < 4.78 is 27.4. The highest BCUT2D eigenvalue weighted by molar-refractivity contribution is 9.10. The summed E-state index contributed by atoms with van der Waals surface area (Å²) in [6, 6.07) is 2.14. The van der Waals surface area contributed by atoms with Crippen molar-refractivity contribution < 1.29 is 13.6 Å². The molecule has 0 saturated carbocycles. The van der Waals surface area contributed by atoms with Gasteiger partial charge in [-0.3, -0.25) is 4.79 Å². The van der Waals surface area contributed by atoms with E-state index in [-0.39, 0.29) is 4.47 Å². The maximum Gasteiger partial charge on any atom is 0.257 e. The quantitative estimate of drug-likeness (QED) is 0.835. The van der Waals surface area contributed by atoms with E-state index in [0.717, 1.165) is 37.2 Å². The van der Waals surface area contributed by atoms with E-state index in [9.17, 15) is 13.6 Å². The Kier molecular flexibility index (Phi) is 4.66. The van der Waals surface area contributed by atoms with E-state index in [1.807, 2.05) is 6.08 Å². The van der Waals surface area contributed by atoms with Gasteiger partial charge in [0.15, 0.2) is 0 Å². The monoisotopic (exact) mass is 330 g/mol. The van der Waals surface area contributed by atoms with Gasteiger partial charge in [0.1, 0.15) is 17.2 Å². The number of benzene rings is 1. The van der Waals surface area contributed by atoms with Gasteiger partial charge in [0.2, 0.25) is 0 Å². The highest BCUT2D eigenvalue weighted by Gasteiger charge is 2.18. The normalized spacial score (nSPS) is 15.0. The maximum absolute atomic E-state index is 13.6. The molecule has 102 valence electrons. The predicted octanol–water partition coefficient (Wildman–Crippen LogP) is 2.38. The number of hydrogen-bond acceptors (Lipinski definition) is 2. The van der Waals surface area contributed by atoms with Crippen molar-refractivity contribution in [2.75, 3.05) is 19.6 Å². The van der Waals surface area contributed by atoms with Crippen molar-refractivity contribution in [1.82, 2.24) is 10.6 Å². The van der Waals surface area contributed by atoms with E-state index in [1.54, 1.807) is 0 Å². The molecule has 0 bridgehead atoms. The fourth-order valence-corrected chi connectivity index (χ4v) is 2.27. The van der Waals surface area contributed by atoms with Crippen LogP contribution in [0.2, 0.25) is 0 Å². The van der Waals surface area contributed by atoms with Crippen molar-refractivity contribution in [3.8, 4) is 0 Å². The average molecular weight is 331 g/mol. The molecule has 0 spiro atoms. The number of amides is 1. The Morgan fingerprint density at radius 1 is 1.37 bits per heavy atom. The maximum atomic E-state index is 13.6. The Labute approximate surface area is 118 Å². The van der Waals surface area contributed by atoms with Crippen LogP contribution in [0.25, 0.3) is 0 Å². The Hall–Kier alpha value is -1.27. The number of halogens is 3. The molecule has 1 amide bonds. The van der Waals surface area contributed by atoms with E-state index in [2.05, 4.69) is 26.6 Å². The lowest BCUT2D eigenvalue weighted by Gasteiger charge is -2.15. The number of carbonyl (C=O) groups excluding carboxylic acids is 1. The molecule has 0 atom stereocenters. The fourth-order valence-electron chi connectivity index (χ4n) is 1.87. The van der Waals surface area contributed by atoms with Crippen LogP contribution < -0.4 is 10.6 Å². The second-order valence-corrected chi connectivity index (χ2v) is 5.16. The molecule has 1 heterocycles. The molecule has 1 aromatic carbocycles. The largest absolute Gasteiger partial charge is 0.348 e. The summed E-state index contributed by atoms with van der Waals surface area (Å²) in [7, 11) is 0. The molecule has 2 rings (SSSR count). The minimum Gasteiger partial charge on any atom is -0.348 e. The van der Waals surface area contributed by atoms with Crippen LogP contribution in [0.4, 0.5) is 8.78 Å². The molecule has 0 aliphatic carbocycles. The molecular formula is C13H13BrF2N2O. The van der Waals surface area contributed by atoms with E-state index in [0.29, 0.717) is 6.54 Å². The topological polar surface area (TPSA) is 41.1 Å². The van der Waals surface area contributed by atoms with Gasteiger partial charge in [0.25, 0.3) is 5.91 Å². The summed E-state index contributed by atoms with van der Waals surface area (Å²) in [5, 5.41) is 5.68. The lowest BCUT2D eigenvalue weighted by molar-refractivity contribution is 0.0948. The summed E-state index contributed by atoms with van der Waals surface area (Å²) >= 11 is 2.97. The molecule has 1 aromatic rings. The first-order chi connectivity index (χ1) is 9.08. The Morgan fingerprint density at radius 2 is 2.05 bits per heavy atom. The Morgan fingerprint density at radius 3 is 2.63 bits per heavy atom.